The van der Waals surface area contributed by atoms with Crippen molar-refractivity contribution >= 4 is 17.1 Å². The van der Waals surface area contributed by atoms with Gasteiger partial charge in [0.15, 0.2) is 23.0 Å². The van der Waals surface area contributed by atoms with E-state index in [1.165, 1.54) is 12.1 Å². The summed E-state index contributed by atoms with van der Waals surface area (Å²) >= 11 is 0. The molecule has 4 N–H and O–H groups in total. The number of hydrogen-bond donors (Lipinski definition) is 4. The molecule has 2 amide bonds. The molecule has 2 aliphatic heterocycles. The number of β-amino-alcohol motifs (C(OH)–C–C–N with tert-alkyl or cyclic N) is 1. The van der Waals surface area contributed by atoms with Crippen LogP contribution < -0.4 is 0 Å². The fraction of sp³-hybridized carbons (Fsp3) is 0.333. The lowest BCUT2D eigenvalue weighted by Gasteiger charge is -2.23. The molecule has 10 nitrogen and oxygen atoms in total. The molecule has 0 bridgehead atoms. The van der Waals surface area contributed by atoms with Crippen LogP contribution in [-0.2, 0) is 19.5 Å². The van der Waals surface area contributed by atoms with E-state index in [0.29, 0.717) is 67.4 Å². The number of carbonyl (C=O) groups is 1. The molecule has 35 heavy (non-hydrogen) atoms. The van der Waals surface area contributed by atoms with Crippen molar-refractivity contribution in [2.45, 2.75) is 39.0 Å². The van der Waals surface area contributed by atoms with Gasteiger partial charge in [-0.25, -0.2) is 19.2 Å². The van der Waals surface area contributed by atoms with E-state index in [0.717, 1.165) is 22.3 Å². The summed E-state index contributed by atoms with van der Waals surface area (Å²) in [5, 5.41) is 27.5. The molecule has 11 heteroatoms. The van der Waals surface area contributed by atoms with Crippen LogP contribution in [0.25, 0.3) is 33.8 Å². The van der Waals surface area contributed by atoms with E-state index >= 15 is 0 Å². The zero-order valence-electron chi connectivity index (χ0n) is 19.0. The highest BCUT2D eigenvalue weighted by Crippen LogP contribution is 2.33. The lowest BCUT2D eigenvalue weighted by atomic mass is 10.0. The molecule has 1 saturated heterocycles. The fourth-order valence-corrected chi connectivity index (χ4v) is 4.87. The number of H-pyrrole nitrogens is 2. The number of hydrogen-bond acceptors (Lipinski definition) is 6. The zero-order chi connectivity index (χ0) is 24.3. The summed E-state index contributed by atoms with van der Waals surface area (Å²) in [7, 11) is 0. The largest absolute Gasteiger partial charge is 0.505 e. The topological polar surface area (TPSA) is 134 Å². The normalized spacial score (nSPS) is 17.5. The highest BCUT2D eigenvalue weighted by Gasteiger charge is 2.33. The minimum Gasteiger partial charge on any atom is -0.505 e. The maximum absolute atomic E-state index is 14.0. The Morgan fingerprint density at radius 1 is 1.23 bits per heavy atom. The molecule has 2 aliphatic rings. The predicted octanol–water partition coefficient (Wildman–Crippen LogP) is 2.92. The SMILES string of the molecule is CCc1cc(O)c(F)cc1-c1ccc2c(-c3nc4c([nH]3)CN(C(=O)N3CC[C@H](O)C3)C4)[nH]nc2n1. The Morgan fingerprint density at radius 2 is 2.09 bits per heavy atom. The lowest BCUT2D eigenvalue weighted by Crippen LogP contribution is -2.39. The minimum atomic E-state index is -0.694. The standard InChI is InChI=1S/C24H24FN7O3/c1-2-12-7-20(34)16(25)8-15(12)17-4-3-14-21(29-30-22(14)26-17)23-27-18-10-32(11-19(18)28-23)24(35)31-6-5-13(33)9-31/h3-4,7-8,13,33-34H,2,5-6,9-11H2,1H3,(H,27,28)(H,26,29,30)/t13-/m0/s1. The Kier molecular flexibility index (Phi) is 4.95. The van der Waals surface area contributed by atoms with Crippen LogP contribution >= 0.6 is 0 Å². The van der Waals surface area contributed by atoms with Crippen LogP contribution in [0, 0.1) is 5.82 Å². The van der Waals surface area contributed by atoms with Crippen LogP contribution in [0.15, 0.2) is 24.3 Å². The Labute approximate surface area is 199 Å². The smallest absolute Gasteiger partial charge is 0.320 e. The van der Waals surface area contributed by atoms with Crippen molar-refractivity contribution in [3.63, 3.8) is 0 Å². The average molecular weight is 478 g/mol. The molecule has 1 fully saturated rings. The number of pyridine rings is 1. The third-order valence-corrected chi connectivity index (χ3v) is 6.74. The van der Waals surface area contributed by atoms with Crippen molar-refractivity contribution in [3.05, 3.63) is 47.0 Å². The number of aromatic amines is 2. The van der Waals surface area contributed by atoms with Crippen LogP contribution in [0.1, 0.15) is 30.3 Å². The van der Waals surface area contributed by atoms with E-state index in [2.05, 4.69) is 20.2 Å². The number of nitrogens with zero attached hydrogens (tertiary/aromatic N) is 5. The number of rotatable bonds is 3. The van der Waals surface area contributed by atoms with Gasteiger partial charge in [0.25, 0.3) is 0 Å². The molecule has 4 aromatic rings. The molecule has 0 aliphatic carbocycles. The second kappa shape index (κ2) is 8.05. The number of urea groups is 1. The number of halogens is 1. The molecule has 0 spiro atoms. The van der Waals surface area contributed by atoms with Crippen molar-refractivity contribution < 1.29 is 19.4 Å². The predicted molar refractivity (Wildman–Crippen MR) is 125 cm³/mol. The maximum Gasteiger partial charge on any atom is 0.320 e. The van der Waals surface area contributed by atoms with Crippen molar-refractivity contribution in [3.8, 4) is 28.5 Å². The van der Waals surface area contributed by atoms with Gasteiger partial charge < -0.3 is 25.0 Å². The first-order chi connectivity index (χ1) is 16.9. The molecule has 0 unspecified atom stereocenters. The number of amides is 2. The van der Waals surface area contributed by atoms with Crippen molar-refractivity contribution in [1.29, 1.82) is 0 Å². The van der Waals surface area contributed by atoms with Gasteiger partial charge >= 0.3 is 6.03 Å². The number of imidazole rings is 1. The number of likely N-dealkylation sites (tertiary alicyclic amines) is 1. The molecule has 1 atom stereocenters. The number of fused-ring (bicyclic) bond motifs is 2. The van der Waals surface area contributed by atoms with Gasteiger partial charge in [-0.1, -0.05) is 6.92 Å². The second-order valence-electron chi connectivity index (χ2n) is 9.02. The van der Waals surface area contributed by atoms with Gasteiger partial charge in [0, 0.05) is 24.0 Å². The molecule has 5 heterocycles. The number of aromatic nitrogens is 5. The zero-order valence-corrected chi connectivity index (χ0v) is 19.0. The maximum atomic E-state index is 14.0. The third kappa shape index (κ3) is 3.59. The third-order valence-electron chi connectivity index (χ3n) is 6.74. The second-order valence-corrected chi connectivity index (χ2v) is 9.02. The van der Waals surface area contributed by atoms with E-state index < -0.39 is 11.9 Å². The summed E-state index contributed by atoms with van der Waals surface area (Å²) in [6.07, 6.45) is 0.774. The Hall–Kier alpha value is -3.99. The Balaban J connectivity index is 1.26. The number of nitrogens with one attached hydrogen (secondary N) is 2. The summed E-state index contributed by atoms with van der Waals surface area (Å²) in [5.74, 6) is -0.459. The van der Waals surface area contributed by atoms with Crippen LogP contribution in [0.3, 0.4) is 0 Å². The number of benzene rings is 1. The number of phenolic OH excluding ortho intramolecular Hbond substituents is 1. The monoisotopic (exact) mass is 477 g/mol. The molecule has 180 valence electrons. The van der Waals surface area contributed by atoms with Gasteiger partial charge in [0.05, 0.1) is 36.3 Å². The van der Waals surface area contributed by atoms with Crippen molar-refractivity contribution in [1.82, 2.24) is 34.9 Å². The van der Waals surface area contributed by atoms with Gasteiger partial charge in [-0.15, -0.1) is 0 Å². The molecule has 6 rings (SSSR count). The highest BCUT2D eigenvalue weighted by atomic mass is 19.1. The number of phenols is 1. The summed E-state index contributed by atoms with van der Waals surface area (Å²) in [6.45, 7) is 3.69. The van der Waals surface area contributed by atoms with Crippen LogP contribution in [0.5, 0.6) is 5.75 Å². The molecular formula is C24H24FN7O3. The summed E-state index contributed by atoms with van der Waals surface area (Å²) in [5.41, 5.74) is 4.78. The Morgan fingerprint density at radius 3 is 2.83 bits per heavy atom. The van der Waals surface area contributed by atoms with E-state index in [9.17, 15) is 19.4 Å². The Bertz CT molecular complexity index is 1440. The van der Waals surface area contributed by atoms with Crippen LogP contribution in [0.4, 0.5) is 9.18 Å². The highest BCUT2D eigenvalue weighted by molar-refractivity contribution is 5.90. The number of aromatic hydroxyl groups is 1. The van der Waals surface area contributed by atoms with Crippen LogP contribution in [-0.4, -0.2) is 70.4 Å². The molecule has 0 radical (unpaired) electrons. The first-order valence-electron chi connectivity index (χ1n) is 11.6. The minimum absolute atomic E-state index is 0.0877. The van der Waals surface area contributed by atoms with E-state index in [4.69, 9.17) is 4.98 Å². The molecule has 1 aromatic carbocycles. The van der Waals surface area contributed by atoms with E-state index in [1.807, 2.05) is 13.0 Å². The number of carbonyl (C=O) groups excluding carboxylic acids is 1. The van der Waals surface area contributed by atoms with Gasteiger partial charge in [-0.05, 0) is 42.7 Å². The fourth-order valence-electron chi connectivity index (χ4n) is 4.87. The van der Waals surface area contributed by atoms with E-state index in [1.54, 1.807) is 15.9 Å². The quantitative estimate of drug-likeness (QED) is 0.358. The number of aliphatic hydroxyl groups is 1. The molecular weight excluding hydrogens is 453 g/mol. The first kappa shape index (κ1) is 21.5. The van der Waals surface area contributed by atoms with Gasteiger partial charge in [-0.2, -0.15) is 5.10 Å². The van der Waals surface area contributed by atoms with Gasteiger partial charge in [-0.3, -0.25) is 5.10 Å². The number of aliphatic hydroxyl groups excluding tert-OH is 1. The van der Waals surface area contributed by atoms with Crippen molar-refractivity contribution in [2.75, 3.05) is 13.1 Å². The van der Waals surface area contributed by atoms with Gasteiger partial charge in [0.2, 0.25) is 0 Å². The lowest BCUT2D eigenvalue weighted by molar-refractivity contribution is 0.145. The molecule has 0 saturated carbocycles. The molecule has 3 aromatic heterocycles. The first-order valence-corrected chi connectivity index (χ1v) is 11.6. The average Bonchev–Trinajstić information content (AvgIpc) is 3.62. The summed E-state index contributed by atoms with van der Waals surface area (Å²) < 4.78 is 14.0. The van der Waals surface area contributed by atoms with Crippen LogP contribution in [0.2, 0.25) is 0 Å². The number of aryl methyl sites for hydroxylation is 1. The summed E-state index contributed by atoms with van der Waals surface area (Å²) in [6, 6.07) is 6.30. The summed E-state index contributed by atoms with van der Waals surface area (Å²) in [4.78, 5) is 28.7. The van der Waals surface area contributed by atoms with Crippen molar-refractivity contribution in [2.24, 2.45) is 0 Å². The van der Waals surface area contributed by atoms with Gasteiger partial charge in [0.1, 0.15) is 5.69 Å². The van der Waals surface area contributed by atoms with E-state index in [-0.39, 0.29) is 11.8 Å².